The van der Waals surface area contributed by atoms with Crippen LogP contribution in [0.2, 0.25) is 0 Å². The number of nitrogens with two attached hydrogens (primary N) is 1. The van der Waals surface area contributed by atoms with Crippen molar-refractivity contribution < 1.29 is 8.78 Å². The van der Waals surface area contributed by atoms with Crippen molar-refractivity contribution in [3.8, 4) is 0 Å². The van der Waals surface area contributed by atoms with Gasteiger partial charge in [0.05, 0.1) is 0 Å². The van der Waals surface area contributed by atoms with Crippen LogP contribution in [-0.4, -0.2) is 11.4 Å². The maximum atomic E-state index is 13.4. The fourth-order valence-electron chi connectivity index (χ4n) is 2.84. The Morgan fingerprint density at radius 1 is 1.00 bits per heavy atom. The van der Waals surface area contributed by atoms with E-state index in [1.165, 1.54) is 23.3 Å². The van der Waals surface area contributed by atoms with Crippen molar-refractivity contribution in [3.05, 3.63) is 70.8 Å². The van der Waals surface area contributed by atoms with Gasteiger partial charge in [0.2, 0.25) is 0 Å². The summed E-state index contributed by atoms with van der Waals surface area (Å²) in [6.45, 7) is 1.85. The lowest BCUT2D eigenvalue weighted by molar-refractivity contribution is 0.204. The summed E-state index contributed by atoms with van der Waals surface area (Å²) >= 11 is 0. The molecule has 0 saturated heterocycles. The second kappa shape index (κ2) is 5.31. The monoisotopic (exact) mass is 274 g/mol. The maximum Gasteiger partial charge on any atom is 0.126 e. The fraction of sp³-hybridized carbons (Fsp3) is 0.250. The van der Waals surface area contributed by atoms with Crippen LogP contribution < -0.4 is 5.73 Å². The summed E-state index contributed by atoms with van der Waals surface area (Å²) in [5.41, 5.74) is 8.93. The molecule has 3 rings (SSSR count). The Bertz CT molecular complexity index is 582. The van der Waals surface area contributed by atoms with Crippen molar-refractivity contribution in [1.82, 2.24) is 4.90 Å². The van der Waals surface area contributed by atoms with Crippen molar-refractivity contribution in [2.45, 2.75) is 19.1 Å². The first-order valence-electron chi connectivity index (χ1n) is 6.64. The molecule has 2 nitrogen and oxygen atoms in total. The Labute approximate surface area is 116 Å². The molecule has 104 valence electrons. The maximum absolute atomic E-state index is 13.4. The number of rotatable bonds is 3. The van der Waals surface area contributed by atoms with E-state index in [-0.39, 0.29) is 6.04 Å². The number of nitrogens with zero attached hydrogens (tertiary/aromatic N) is 1. The third-order valence-corrected chi connectivity index (χ3v) is 3.80. The van der Waals surface area contributed by atoms with Crippen LogP contribution in [0.25, 0.3) is 0 Å². The molecule has 2 N–H and O–H groups in total. The van der Waals surface area contributed by atoms with Crippen LogP contribution in [0.15, 0.2) is 42.5 Å². The zero-order valence-electron chi connectivity index (χ0n) is 11.0. The molecule has 1 atom stereocenters. The summed E-state index contributed by atoms with van der Waals surface area (Å²) in [7, 11) is 0. The number of benzene rings is 2. The van der Waals surface area contributed by atoms with E-state index < -0.39 is 11.6 Å². The lowest BCUT2D eigenvalue weighted by Gasteiger charge is -2.26. The third kappa shape index (κ3) is 2.44. The first-order valence-corrected chi connectivity index (χ1v) is 6.64. The summed E-state index contributed by atoms with van der Waals surface area (Å²) in [4.78, 5) is 2.15. The molecule has 0 fully saturated rings. The Balaban J connectivity index is 1.88. The largest absolute Gasteiger partial charge is 0.329 e. The minimum atomic E-state index is -0.560. The zero-order valence-corrected chi connectivity index (χ0v) is 11.0. The second-order valence-electron chi connectivity index (χ2n) is 5.13. The molecule has 4 heteroatoms. The lowest BCUT2D eigenvalue weighted by Crippen LogP contribution is -2.29. The lowest BCUT2D eigenvalue weighted by atomic mass is 10.1. The van der Waals surface area contributed by atoms with E-state index in [0.29, 0.717) is 12.1 Å². The summed E-state index contributed by atoms with van der Waals surface area (Å²) in [6.07, 6.45) is 0. The van der Waals surface area contributed by atoms with Gasteiger partial charge >= 0.3 is 0 Å². The second-order valence-corrected chi connectivity index (χ2v) is 5.13. The molecular weight excluding hydrogens is 258 g/mol. The summed E-state index contributed by atoms with van der Waals surface area (Å²) in [5, 5.41) is 0. The molecule has 1 unspecified atom stereocenters. The predicted octanol–water partition coefficient (Wildman–Crippen LogP) is 2.98. The average molecular weight is 274 g/mol. The Morgan fingerprint density at radius 3 is 2.05 bits per heavy atom. The quantitative estimate of drug-likeness (QED) is 0.932. The van der Waals surface area contributed by atoms with Crippen LogP contribution in [-0.2, 0) is 13.1 Å². The summed E-state index contributed by atoms with van der Waals surface area (Å²) < 4.78 is 26.8. The number of hydrogen-bond acceptors (Lipinski definition) is 2. The van der Waals surface area contributed by atoms with Gasteiger partial charge in [0, 0.05) is 31.7 Å². The van der Waals surface area contributed by atoms with Crippen LogP contribution in [0.4, 0.5) is 8.78 Å². The van der Waals surface area contributed by atoms with Gasteiger partial charge in [-0.15, -0.1) is 0 Å². The van der Waals surface area contributed by atoms with E-state index in [1.54, 1.807) is 0 Å². The highest BCUT2D eigenvalue weighted by atomic mass is 19.1. The van der Waals surface area contributed by atoms with E-state index in [1.807, 2.05) is 12.1 Å². The molecule has 1 aliphatic rings. The van der Waals surface area contributed by atoms with Gasteiger partial charge in [-0.1, -0.05) is 24.3 Å². The first kappa shape index (κ1) is 13.2. The van der Waals surface area contributed by atoms with E-state index in [9.17, 15) is 8.78 Å². The molecular formula is C16H16F2N2. The number of halogens is 2. The van der Waals surface area contributed by atoms with Crippen LogP contribution in [0.3, 0.4) is 0 Å². The first-order chi connectivity index (χ1) is 9.67. The van der Waals surface area contributed by atoms with Gasteiger partial charge in [-0.25, -0.2) is 8.78 Å². The molecule has 20 heavy (non-hydrogen) atoms. The van der Waals surface area contributed by atoms with Crippen molar-refractivity contribution >= 4 is 0 Å². The fourth-order valence-corrected chi connectivity index (χ4v) is 2.84. The molecule has 0 bridgehead atoms. The van der Waals surface area contributed by atoms with Gasteiger partial charge in [-0.05, 0) is 28.8 Å². The van der Waals surface area contributed by atoms with Crippen molar-refractivity contribution in [2.24, 2.45) is 5.73 Å². The van der Waals surface area contributed by atoms with Crippen LogP contribution in [0.5, 0.6) is 0 Å². The smallest absolute Gasteiger partial charge is 0.126 e. The van der Waals surface area contributed by atoms with Crippen LogP contribution in [0.1, 0.15) is 22.7 Å². The van der Waals surface area contributed by atoms with Gasteiger partial charge in [0.25, 0.3) is 0 Å². The molecule has 0 saturated carbocycles. The standard InChI is InChI=1S/C16H16F2N2/c17-14-5-13(6-15(18)7-14)16(8-19)20-9-11-3-1-2-4-12(11)10-20/h1-7,16H,8-10,19H2. The molecule has 1 aliphatic heterocycles. The van der Waals surface area contributed by atoms with E-state index in [2.05, 4.69) is 17.0 Å². The predicted molar refractivity (Wildman–Crippen MR) is 73.8 cm³/mol. The Morgan fingerprint density at radius 2 is 1.55 bits per heavy atom. The molecule has 0 spiro atoms. The van der Waals surface area contributed by atoms with Crippen molar-refractivity contribution in [2.75, 3.05) is 6.54 Å². The Hall–Kier alpha value is -1.78. The molecule has 0 radical (unpaired) electrons. The van der Waals surface area contributed by atoms with Crippen molar-refractivity contribution in [3.63, 3.8) is 0 Å². The molecule has 2 aromatic carbocycles. The third-order valence-electron chi connectivity index (χ3n) is 3.80. The van der Waals surface area contributed by atoms with Gasteiger partial charge < -0.3 is 5.73 Å². The SMILES string of the molecule is NCC(c1cc(F)cc(F)c1)N1Cc2ccccc2C1. The van der Waals surface area contributed by atoms with Crippen LogP contribution >= 0.6 is 0 Å². The van der Waals surface area contributed by atoms with E-state index in [4.69, 9.17) is 5.73 Å². The van der Waals surface area contributed by atoms with Crippen molar-refractivity contribution in [1.29, 1.82) is 0 Å². The average Bonchev–Trinajstić information content (AvgIpc) is 2.81. The molecule has 1 heterocycles. The van der Waals surface area contributed by atoms with E-state index in [0.717, 1.165) is 19.2 Å². The van der Waals surface area contributed by atoms with Crippen LogP contribution in [0, 0.1) is 11.6 Å². The number of hydrogen-bond donors (Lipinski definition) is 1. The Kier molecular flexibility index (Phi) is 3.51. The topological polar surface area (TPSA) is 29.3 Å². The van der Waals surface area contributed by atoms with Gasteiger partial charge in [0.15, 0.2) is 0 Å². The minimum absolute atomic E-state index is 0.174. The highest BCUT2D eigenvalue weighted by molar-refractivity contribution is 5.32. The normalized spacial score (nSPS) is 16.1. The highest BCUT2D eigenvalue weighted by Gasteiger charge is 2.26. The summed E-state index contributed by atoms with van der Waals surface area (Å²) in [6, 6.07) is 11.6. The summed E-state index contributed by atoms with van der Waals surface area (Å²) in [5.74, 6) is -1.12. The minimum Gasteiger partial charge on any atom is -0.329 e. The molecule has 2 aromatic rings. The van der Waals surface area contributed by atoms with Gasteiger partial charge in [-0.3, -0.25) is 4.90 Å². The van der Waals surface area contributed by atoms with Gasteiger partial charge in [0.1, 0.15) is 11.6 Å². The highest BCUT2D eigenvalue weighted by Crippen LogP contribution is 2.31. The molecule has 0 aliphatic carbocycles. The molecule has 0 amide bonds. The van der Waals surface area contributed by atoms with E-state index >= 15 is 0 Å². The number of fused-ring (bicyclic) bond motifs is 1. The van der Waals surface area contributed by atoms with Gasteiger partial charge in [-0.2, -0.15) is 0 Å². The molecule has 0 aromatic heterocycles. The zero-order chi connectivity index (χ0) is 14.1.